The molecule has 0 radical (unpaired) electrons. The average Bonchev–Trinajstić information content (AvgIpc) is 3.36. The van der Waals surface area contributed by atoms with Crippen LogP contribution in [0.3, 0.4) is 0 Å². The number of ether oxygens (including phenoxy) is 1. The summed E-state index contributed by atoms with van der Waals surface area (Å²) in [6.45, 7) is 4.35. The number of aliphatic hydroxyl groups is 1. The number of benzene rings is 2. The number of fused-ring (bicyclic) bond motifs is 1. The molecule has 2 heterocycles. The van der Waals surface area contributed by atoms with E-state index >= 15 is 0 Å². The molecule has 4 rings (SSSR count). The third-order valence-corrected chi connectivity index (χ3v) is 5.06. The molecule has 0 aliphatic carbocycles. The van der Waals surface area contributed by atoms with Crippen LogP contribution < -0.4 is 4.74 Å². The lowest BCUT2D eigenvalue weighted by molar-refractivity contribution is 0.0934. The highest BCUT2D eigenvalue weighted by atomic mass is 32.1. The lowest BCUT2D eigenvalue weighted by Crippen LogP contribution is -2.24. The third kappa shape index (κ3) is 3.83. The Hall–Kier alpha value is -2.96. The molecule has 0 saturated heterocycles. The van der Waals surface area contributed by atoms with Crippen molar-refractivity contribution < 1.29 is 9.84 Å². The van der Waals surface area contributed by atoms with Gasteiger partial charge in [0.1, 0.15) is 24.2 Å². The second-order valence-electron chi connectivity index (χ2n) is 6.47. The monoisotopic (exact) mass is 391 g/mol. The lowest BCUT2D eigenvalue weighted by Gasteiger charge is -2.16. The highest BCUT2D eigenvalue weighted by Gasteiger charge is 2.17. The number of rotatable bonds is 8. The summed E-state index contributed by atoms with van der Waals surface area (Å²) in [6, 6.07) is 15.7. The van der Waals surface area contributed by atoms with Gasteiger partial charge in [-0.1, -0.05) is 36.4 Å². The van der Waals surface area contributed by atoms with E-state index in [1.54, 1.807) is 5.51 Å². The first-order chi connectivity index (χ1) is 13.8. The minimum Gasteiger partial charge on any atom is -0.491 e. The maximum Gasteiger partial charge on any atom is 0.160 e. The van der Waals surface area contributed by atoms with E-state index in [9.17, 15) is 5.11 Å². The van der Waals surface area contributed by atoms with E-state index in [-0.39, 0.29) is 6.61 Å². The number of aromatic nitrogens is 3. The molecule has 0 aliphatic rings. The van der Waals surface area contributed by atoms with Crippen LogP contribution in [0.25, 0.3) is 22.6 Å². The molecule has 0 unspecified atom stereocenters. The normalized spacial score (nSPS) is 12.2. The molecule has 1 N–H and O–H groups in total. The van der Waals surface area contributed by atoms with Crippen LogP contribution in [0.4, 0.5) is 0 Å². The molecule has 0 fully saturated rings. The van der Waals surface area contributed by atoms with Crippen LogP contribution in [0.5, 0.6) is 5.75 Å². The molecule has 4 aromatic rings. The maximum absolute atomic E-state index is 10.7. The van der Waals surface area contributed by atoms with Gasteiger partial charge in [-0.05, 0) is 30.2 Å². The van der Waals surface area contributed by atoms with Crippen molar-refractivity contribution in [1.29, 1.82) is 0 Å². The van der Waals surface area contributed by atoms with Crippen LogP contribution in [0, 0.1) is 0 Å². The third-order valence-electron chi connectivity index (χ3n) is 4.48. The first-order valence-electron chi connectivity index (χ1n) is 9.09. The van der Waals surface area contributed by atoms with Gasteiger partial charge < -0.3 is 14.4 Å². The molecule has 28 heavy (non-hydrogen) atoms. The SMILES string of the molecule is C=CCc1ccccc1OC[C@@H](O)Cn1c(-c2cscn2)nc2ccccc21. The van der Waals surface area contributed by atoms with E-state index in [1.807, 2.05) is 64.6 Å². The largest absolute Gasteiger partial charge is 0.491 e. The van der Waals surface area contributed by atoms with Crippen molar-refractivity contribution in [1.82, 2.24) is 14.5 Å². The lowest BCUT2D eigenvalue weighted by atomic mass is 10.1. The van der Waals surface area contributed by atoms with Crippen molar-refractivity contribution in [3.63, 3.8) is 0 Å². The predicted molar refractivity (Wildman–Crippen MR) is 113 cm³/mol. The van der Waals surface area contributed by atoms with Gasteiger partial charge in [-0.25, -0.2) is 9.97 Å². The summed E-state index contributed by atoms with van der Waals surface area (Å²) in [5.74, 6) is 1.53. The summed E-state index contributed by atoms with van der Waals surface area (Å²) in [6.07, 6.45) is 1.88. The van der Waals surface area contributed by atoms with Crippen LogP contribution in [0.1, 0.15) is 5.56 Å². The van der Waals surface area contributed by atoms with Gasteiger partial charge in [-0.15, -0.1) is 17.9 Å². The van der Waals surface area contributed by atoms with Crippen LogP contribution in [0.15, 0.2) is 72.1 Å². The molecule has 5 nitrogen and oxygen atoms in total. The van der Waals surface area contributed by atoms with Crippen LogP contribution in [-0.2, 0) is 13.0 Å². The molecule has 6 heteroatoms. The second kappa shape index (κ2) is 8.37. The number of allylic oxidation sites excluding steroid dienone is 1. The molecule has 0 saturated carbocycles. The molecule has 0 amide bonds. The number of hydrogen-bond donors (Lipinski definition) is 1. The summed E-state index contributed by atoms with van der Waals surface area (Å²) in [4.78, 5) is 9.10. The Labute approximate surface area is 167 Å². The van der Waals surface area contributed by atoms with Gasteiger partial charge in [0.25, 0.3) is 0 Å². The Bertz CT molecular complexity index is 1070. The standard InChI is InChI=1S/C22H21N3O2S/c1-2-7-16-8-3-6-11-21(16)27-13-17(26)12-25-20-10-5-4-9-18(20)24-22(25)19-14-28-15-23-19/h2-6,8-11,14-15,17,26H,1,7,12-13H2/t17-/m0/s1. The van der Waals surface area contributed by atoms with Gasteiger partial charge in [0.2, 0.25) is 0 Å². The van der Waals surface area contributed by atoms with E-state index in [1.165, 1.54) is 11.3 Å². The molecule has 2 aromatic heterocycles. The van der Waals surface area contributed by atoms with Crippen LogP contribution in [0.2, 0.25) is 0 Å². The zero-order chi connectivity index (χ0) is 19.3. The molecular formula is C22H21N3O2S. The van der Waals surface area contributed by atoms with Gasteiger partial charge in [0.05, 0.1) is 23.1 Å². The zero-order valence-corrected chi connectivity index (χ0v) is 16.2. The number of thiazole rings is 1. The van der Waals surface area contributed by atoms with E-state index in [2.05, 4.69) is 11.6 Å². The predicted octanol–water partition coefficient (Wildman–Crippen LogP) is 4.33. The quantitative estimate of drug-likeness (QED) is 0.454. The Morgan fingerprint density at radius 2 is 2.00 bits per heavy atom. The smallest absolute Gasteiger partial charge is 0.160 e. The fourth-order valence-electron chi connectivity index (χ4n) is 3.20. The number of nitrogens with zero attached hydrogens (tertiary/aromatic N) is 3. The van der Waals surface area contributed by atoms with E-state index in [0.29, 0.717) is 6.54 Å². The molecule has 1 atom stereocenters. The molecular weight excluding hydrogens is 370 g/mol. The topological polar surface area (TPSA) is 60.2 Å². The van der Waals surface area contributed by atoms with Gasteiger partial charge >= 0.3 is 0 Å². The summed E-state index contributed by atoms with van der Waals surface area (Å²) < 4.78 is 7.91. The Morgan fingerprint density at radius 3 is 2.82 bits per heavy atom. The van der Waals surface area contributed by atoms with Crippen molar-refractivity contribution in [2.24, 2.45) is 0 Å². The van der Waals surface area contributed by atoms with E-state index < -0.39 is 6.10 Å². The number of para-hydroxylation sites is 3. The minimum absolute atomic E-state index is 0.192. The average molecular weight is 391 g/mol. The van der Waals surface area contributed by atoms with Crippen LogP contribution in [-0.4, -0.2) is 32.4 Å². The Kier molecular flexibility index (Phi) is 5.50. The van der Waals surface area contributed by atoms with Crippen molar-refractivity contribution in [2.75, 3.05) is 6.61 Å². The fourth-order valence-corrected chi connectivity index (χ4v) is 3.73. The summed E-state index contributed by atoms with van der Waals surface area (Å²) in [5, 5.41) is 12.6. The van der Waals surface area contributed by atoms with Crippen molar-refractivity contribution in [3.05, 3.63) is 77.6 Å². The summed E-state index contributed by atoms with van der Waals surface area (Å²) in [7, 11) is 0. The molecule has 0 spiro atoms. The fraction of sp³-hybridized carbons (Fsp3) is 0.182. The van der Waals surface area contributed by atoms with Gasteiger partial charge in [-0.2, -0.15) is 0 Å². The number of imidazole rings is 1. The first-order valence-corrected chi connectivity index (χ1v) is 10.0. The van der Waals surface area contributed by atoms with E-state index in [0.717, 1.165) is 40.3 Å². The maximum atomic E-state index is 10.7. The van der Waals surface area contributed by atoms with Crippen molar-refractivity contribution in [2.45, 2.75) is 19.1 Å². The van der Waals surface area contributed by atoms with Gasteiger partial charge in [-0.3, -0.25) is 0 Å². The first kappa shape index (κ1) is 18.4. The summed E-state index contributed by atoms with van der Waals surface area (Å²) >= 11 is 1.53. The van der Waals surface area contributed by atoms with Gasteiger partial charge in [0, 0.05) is 5.38 Å². The molecule has 142 valence electrons. The van der Waals surface area contributed by atoms with Gasteiger partial charge in [0.15, 0.2) is 5.82 Å². The Morgan fingerprint density at radius 1 is 1.18 bits per heavy atom. The van der Waals surface area contributed by atoms with Crippen molar-refractivity contribution >= 4 is 22.4 Å². The van der Waals surface area contributed by atoms with Crippen molar-refractivity contribution in [3.8, 4) is 17.3 Å². The molecule has 2 aromatic carbocycles. The zero-order valence-electron chi connectivity index (χ0n) is 15.4. The highest BCUT2D eigenvalue weighted by Crippen LogP contribution is 2.25. The Balaban J connectivity index is 1.55. The second-order valence-corrected chi connectivity index (χ2v) is 7.19. The highest BCUT2D eigenvalue weighted by molar-refractivity contribution is 7.07. The number of hydrogen-bond acceptors (Lipinski definition) is 5. The number of aliphatic hydroxyl groups excluding tert-OH is 1. The molecule has 0 bridgehead atoms. The van der Waals surface area contributed by atoms with E-state index in [4.69, 9.17) is 9.72 Å². The van der Waals surface area contributed by atoms with Crippen LogP contribution >= 0.6 is 11.3 Å². The summed E-state index contributed by atoms with van der Waals surface area (Å²) in [5.41, 5.74) is 5.51. The molecule has 0 aliphatic heterocycles. The minimum atomic E-state index is -0.688.